The van der Waals surface area contributed by atoms with Crippen molar-refractivity contribution < 1.29 is 17.9 Å². The quantitative estimate of drug-likeness (QED) is 0.866. The monoisotopic (exact) mass is 289 g/mol. The van der Waals surface area contributed by atoms with Crippen LogP contribution in [0.3, 0.4) is 0 Å². The predicted molar refractivity (Wildman–Crippen MR) is 72.5 cm³/mol. The average molecular weight is 289 g/mol. The molecule has 1 aromatic rings. The highest BCUT2D eigenvalue weighted by Crippen LogP contribution is 2.18. The Bertz CT molecular complexity index is 523. The van der Waals surface area contributed by atoms with Gasteiger partial charge < -0.3 is 5.11 Å². The Balaban J connectivity index is 2.63. The number of sulfonamides is 1. The number of benzene rings is 1. The van der Waals surface area contributed by atoms with Crippen LogP contribution in [0.25, 0.3) is 0 Å². The molecule has 0 radical (unpaired) electrons. The minimum atomic E-state index is -3.58. The zero-order chi connectivity index (χ0) is 14.7. The molecule has 1 unspecified atom stereocenters. The van der Waals surface area contributed by atoms with E-state index in [1.165, 1.54) is 18.2 Å². The van der Waals surface area contributed by atoms with Gasteiger partial charge in [0.2, 0.25) is 10.0 Å². The van der Waals surface area contributed by atoms with Crippen LogP contribution in [0.2, 0.25) is 0 Å². The summed E-state index contributed by atoms with van der Waals surface area (Å²) in [6, 6.07) is 5.44. The largest absolute Gasteiger partial charge is 0.391 e. The van der Waals surface area contributed by atoms with Gasteiger partial charge in [-0.2, -0.15) is 0 Å². The Morgan fingerprint density at radius 1 is 1.37 bits per heavy atom. The summed E-state index contributed by atoms with van der Waals surface area (Å²) >= 11 is 0. The number of rotatable bonds is 5. The summed E-state index contributed by atoms with van der Waals surface area (Å²) in [6.07, 6.45) is -0.783. The first-order valence-electron chi connectivity index (χ1n) is 6.00. The maximum atomic E-state index is 13.0. The summed E-state index contributed by atoms with van der Waals surface area (Å²) in [5.74, 6) is -0.774. The summed E-state index contributed by atoms with van der Waals surface area (Å²) < 4.78 is 38.9. The molecule has 1 atom stereocenters. The van der Waals surface area contributed by atoms with E-state index in [2.05, 4.69) is 4.72 Å². The molecule has 108 valence electrons. The molecule has 0 saturated heterocycles. The van der Waals surface area contributed by atoms with Gasteiger partial charge in [-0.05, 0) is 23.1 Å². The number of aliphatic hydroxyl groups is 1. The van der Waals surface area contributed by atoms with Crippen LogP contribution in [-0.4, -0.2) is 26.2 Å². The van der Waals surface area contributed by atoms with E-state index in [4.69, 9.17) is 0 Å². The van der Waals surface area contributed by atoms with Gasteiger partial charge in [-0.15, -0.1) is 0 Å². The topological polar surface area (TPSA) is 66.4 Å². The summed E-state index contributed by atoms with van der Waals surface area (Å²) in [6.45, 7) is 5.40. The first kappa shape index (κ1) is 16.1. The zero-order valence-electron chi connectivity index (χ0n) is 11.4. The molecule has 0 saturated carbocycles. The molecular weight excluding hydrogens is 269 g/mol. The minimum absolute atomic E-state index is 0.0544. The third kappa shape index (κ3) is 5.67. The third-order valence-electron chi connectivity index (χ3n) is 2.74. The smallest absolute Gasteiger partial charge is 0.215 e. The van der Waals surface area contributed by atoms with Crippen LogP contribution >= 0.6 is 0 Å². The molecule has 0 fully saturated rings. The van der Waals surface area contributed by atoms with E-state index in [1.807, 2.05) is 20.8 Å². The van der Waals surface area contributed by atoms with Gasteiger partial charge in [0, 0.05) is 6.54 Å². The molecule has 0 aliphatic carbocycles. The lowest BCUT2D eigenvalue weighted by atomic mass is 9.89. The molecule has 0 bridgehead atoms. The summed E-state index contributed by atoms with van der Waals surface area (Å²) in [4.78, 5) is 0. The SMILES string of the molecule is CC(C)(C)C(O)CNS(=O)(=O)Cc1cccc(F)c1. The van der Waals surface area contributed by atoms with E-state index in [0.29, 0.717) is 5.56 Å². The predicted octanol–water partition coefficient (Wildman–Crippen LogP) is 1.65. The second-order valence-corrected chi connectivity index (χ2v) is 7.43. The number of hydrogen-bond acceptors (Lipinski definition) is 3. The molecule has 1 aromatic carbocycles. The van der Waals surface area contributed by atoms with Gasteiger partial charge in [0.25, 0.3) is 0 Å². The molecule has 1 rings (SSSR count). The van der Waals surface area contributed by atoms with Crippen molar-refractivity contribution in [1.29, 1.82) is 0 Å². The van der Waals surface area contributed by atoms with Gasteiger partial charge in [-0.1, -0.05) is 32.9 Å². The second-order valence-electron chi connectivity index (χ2n) is 5.62. The van der Waals surface area contributed by atoms with E-state index in [1.54, 1.807) is 6.07 Å². The van der Waals surface area contributed by atoms with Gasteiger partial charge in [0.1, 0.15) is 5.82 Å². The van der Waals surface area contributed by atoms with Crippen molar-refractivity contribution in [3.05, 3.63) is 35.6 Å². The fraction of sp³-hybridized carbons (Fsp3) is 0.538. The molecule has 4 nitrogen and oxygen atoms in total. The molecule has 0 aliphatic rings. The van der Waals surface area contributed by atoms with Crippen molar-refractivity contribution in [3.8, 4) is 0 Å². The van der Waals surface area contributed by atoms with Crippen molar-refractivity contribution in [2.75, 3.05) is 6.54 Å². The van der Waals surface area contributed by atoms with Gasteiger partial charge in [-0.25, -0.2) is 17.5 Å². The average Bonchev–Trinajstić information content (AvgIpc) is 2.24. The fourth-order valence-electron chi connectivity index (χ4n) is 1.41. The molecule has 0 heterocycles. The highest BCUT2D eigenvalue weighted by Gasteiger charge is 2.23. The number of nitrogens with one attached hydrogen (secondary N) is 1. The zero-order valence-corrected chi connectivity index (χ0v) is 12.2. The van der Waals surface area contributed by atoms with Crippen molar-refractivity contribution in [2.45, 2.75) is 32.6 Å². The molecule has 19 heavy (non-hydrogen) atoms. The Kier molecular flexibility index (Phi) is 5.06. The Morgan fingerprint density at radius 2 is 2.00 bits per heavy atom. The highest BCUT2D eigenvalue weighted by atomic mass is 32.2. The molecule has 6 heteroatoms. The van der Waals surface area contributed by atoms with E-state index in [0.717, 1.165) is 0 Å². The highest BCUT2D eigenvalue weighted by molar-refractivity contribution is 7.88. The first-order valence-corrected chi connectivity index (χ1v) is 7.65. The Morgan fingerprint density at radius 3 is 2.53 bits per heavy atom. The maximum Gasteiger partial charge on any atom is 0.215 e. The van der Waals surface area contributed by atoms with Gasteiger partial charge in [0.05, 0.1) is 11.9 Å². The Labute approximate surface area is 113 Å². The van der Waals surface area contributed by atoms with E-state index >= 15 is 0 Å². The van der Waals surface area contributed by atoms with E-state index < -0.39 is 27.4 Å². The molecule has 0 amide bonds. The van der Waals surface area contributed by atoms with Crippen LogP contribution in [-0.2, 0) is 15.8 Å². The summed E-state index contributed by atoms with van der Waals surface area (Å²) in [5, 5.41) is 9.77. The number of halogens is 1. The van der Waals surface area contributed by atoms with Gasteiger partial charge in [0.15, 0.2) is 0 Å². The molecule has 0 aromatic heterocycles. The minimum Gasteiger partial charge on any atom is -0.391 e. The molecule has 0 spiro atoms. The lowest BCUT2D eigenvalue weighted by Crippen LogP contribution is -2.39. The van der Waals surface area contributed by atoms with Crippen LogP contribution in [0.5, 0.6) is 0 Å². The number of hydrogen-bond donors (Lipinski definition) is 2. The van der Waals surface area contributed by atoms with Crippen LogP contribution in [0.4, 0.5) is 4.39 Å². The standard InChI is InChI=1S/C13H20FNO3S/c1-13(2,3)12(16)8-15-19(17,18)9-10-5-4-6-11(14)7-10/h4-7,12,15-16H,8-9H2,1-3H3. The van der Waals surface area contributed by atoms with Crippen LogP contribution in [0, 0.1) is 11.2 Å². The normalized spacial score (nSPS) is 14.4. The maximum absolute atomic E-state index is 13.0. The summed E-state index contributed by atoms with van der Waals surface area (Å²) in [5.41, 5.74) is -0.0285. The van der Waals surface area contributed by atoms with Gasteiger partial charge >= 0.3 is 0 Å². The second kappa shape index (κ2) is 5.98. The van der Waals surface area contributed by atoms with Crippen molar-refractivity contribution in [3.63, 3.8) is 0 Å². The van der Waals surface area contributed by atoms with Crippen molar-refractivity contribution in [1.82, 2.24) is 4.72 Å². The van der Waals surface area contributed by atoms with Gasteiger partial charge in [-0.3, -0.25) is 0 Å². The first-order chi connectivity index (χ1) is 8.60. The molecular formula is C13H20FNO3S. The van der Waals surface area contributed by atoms with Crippen LogP contribution < -0.4 is 4.72 Å². The molecule has 2 N–H and O–H groups in total. The van der Waals surface area contributed by atoms with E-state index in [-0.39, 0.29) is 12.3 Å². The lowest BCUT2D eigenvalue weighted by Gasteiger charge is -2.25. The Hall–Kier alpha value is -0.980. The number of aliphatic hydroxyl groups excluding tert-OH is 1. The van der Waals surface area contributed by atoms with Crippen LogP contribution in [0.15, 0.2) is 24.3 Å². The summed E-state index contributed by atoms with van der Waals surface area (Å²) in [7, 11) is -3.58. The van der Waals surface area contributed by atoms with Crippen molar-refractivity contribution in [2.24, 2.45) is 5.41 Å². The van der Waals surface area contributed by atoms with E-state index in [9.17, 15) is 17.9 Å². The fourth-order valence-corrected chi connectivity index (χ4v) is 2.54. The van der Waals surface area contributed by atoms with Crippen molar-refractivity contribution >= 4 is 10.0 Å². The van der Waals surface area contributed by atoms with Crippen LogP contribution in [0.1, 0.15) is 26.3 Å². The third-order valence-corrected chi connectivity index (χ3v) is 4.06. The molecule has 0 aliphatic heterocycles. The lowest BCUT2D eigenvalue weighted by molar-refractivity contribution is 0.0677.